The molecule has 1 heterocycles. The molecule has 1 saturated heterocycles. The van der Waals surface area contributed by atoms with Gasteiger partial charge in [0.1, 0.15) is 10.6 Å². The van der Waals surface area contributed by atoms with Crippen molar-refractivity contribution in [1.82, 2.24) is 9.21 Å². The second-order valence-corrected chi connectivity index (χ2v) is 10.5. The lowest BCUT2D eigenvalue weighted by Gasteiger charge is -2.33. The molecular weight excluding hydrogens is 472 g/mol. The van der Waals surface area contributed by atoms with Gasteiger partial charge in [-0.3, -0.25) is 4.79 Å². The first kappa shape index (κ1) is 26.6. The highest BCUT2D eigenvalue weighted by Crippen LogP contribution is 2.38. The monoisotopic (exact) mass is 506 g/mol. The lowest BCUT2D eigenvalue weighted by molar-refractivity contribution is -0.135. The lowest BCUT2D eigenvalue weighted by Crippen LogP contribution is -2.45. The number of benzene rings is 2. The van der Waals surface area contributed by atoms with Crippen molar-refractivity contribution < 1.29 is 32.2 Å². The van der Waals surface area contributed by atoms with Gasteiger partial charge in [-0.15, -0.1) is 0 Å². The van der Waals surface area contributed by atoms with Crippen LogP contribution in [0.1, 0.15) is 24.0 Å². The zero-order valence-electron chi connectivity index (χ0n) is 21.2. The van der Waals surface area contributed by atoms with Crippen LogP contribution in [-0.2, 0) is 21.4 Å². The minimum atomic E-state index is -3.81. The standard InChI is InChI=1S/C25H34N2O7S/c1-17-9-10-20(31-3)23(12-17)35(29,30)27-11-7-8-19(16-27)25(28)26(2)15-18-13-21(32-4)24(34-6)22(14-18)33-5/h9-10,12-14,19H,7-8,11,15-16H2,1-6H3/t19-/m1/s1. The molecule has 1 amide bonds. The van der Waals surface area contributed by atoms with Crippen LogP contribution >= 0.6 is 0 Å². The first-order valence-electron chi connectivity index (χ1n) is 11.3. The van der Waals surface area contributed by atoms with Crippen molar-refractivity contribution in [1.29, 1.82) is 0 Å². The molecule has 0 bridgehead atoms. The summed E-state index contributed by atoms with van der Waals surface area (Å²) in [6, 6.07) is 8.66. The van der Waals surface area contributed by atoms with E-state index in [1.165, 1.54) is 32.7 Å². The largest absolute Gasteiger partial charge is 0.495 e. The van der Waals surface area contributed by atoms with Gasteiger partial charge in [0.25, 0.3) is 0 Å². The number of aryl methyl sites for hydroxylation is 1. The van der Waals surface area contributed by atoms with Gasteiger partial charge in [-0.1, -0.05) is 6.07 Å². The Labute approximate surface area is 207 Å². The molecule has 1 atom stereocenters. The van der Waals surface area contributed by atoms with Crippen LogP contribution < -0.4 is 18.9 Å². The molecule has 35 heavy (non-hydrogen) atoms. The Morgan fingerprint density at radius 1 is 1.00 bits per heavy atom. The molecule has 2 aromatic rings. The van der Waals surface area contributed by atoms with E-state index >= 15 is 0 Å². The fraction of sp³-hybridized carbons (Fsp3) is 0.480. The number of hydrogen-bond donors (Lipinski definition) is 0. The first-order chi connectivity index (χ1) is 16.7. The number of piperidine rings is 1. The molecule has 0 aromatic heterocycles. The molecule has 0 radical (unpaired) electrons. The maximum absolute atomic E-state index is 13.4. The summed E-state index contributed by atoms with van der Waals surface area (Å²) in [4.78, 5) is 15.0. The molecule has 9 nitrogen and oxygen atoms in total. The SMILES string of the molecule is COc1ccc(C)cc1S(=O)(=O)N1CCC[C@@H](C(=O)N(C)Cc2cc(OC)c(OC)c(OC)c2)C1. The normalized spacial score (nSPS) is 16.5. The van der Waals surface area contributed by atoms with Crippen molar-refractivity contribution in [2.24, 2.45) is 5.92 Å². The quantitative estimate of drug-likeness (QED) is 0.516. The summed E-state index contributed by atoms with van der Waals surface area (Å²) < 4.78 is 49.7. The van der Waals surface area contributed by atoms with Gasteiger partial charge in [0.05, 0.1) is 34.4 Å². The molecule has 1 aliphatic heterocycles. The number of methoxy groups -OCH3 is 4. The van der Waals surface area contributed by atoms with E-state index in [0.29, 0.717) is 48.9 Å². The van der Waals surface area contributed by atoms with Gasteiger partial charge in [0, 0.05) is 26.7 Å². The van der Waals surface area contributed by atoms with E-state index in [4.69, 9.17) is 18.9 Å². The van der Waals surface area contributed by atoms with E-state index in [-0.39, 0.29) is 17.3 Å². The predicted molar refractivity (Wildman–Crippen MR) is 132 cm³/mol. The fourth-order valence-electron chi connectivity index (χ4n) is 4.38. The number of rotatable bonds is 9. The summed E-state index contributed by atoms with van der Waals surface area (Å²) in [5.41, 5.74) is 1.62. The van der Waals surface area contributed by atoms with Gasteiger partial charge in [-0.05, 0) is 55.2 Å². The molecule has 0 aliphatic carbocycles. The van der Waals surface area contributed by atoms with Crippen LogP contribution in [0.2, 0.25) is 0 Å². The summed E-state index contributed by atoms with van der Waals surface area (Å²) in [6.45, 7) is 2.63. The van der Waals surface area contributed by atoms with Crippen LogP contribution in [0.25, 0.3) is 0 Å². The summed E-state index contributed by atoms with van der Waals surface area (Å²) in [6.07, 6.45) is 1.22. The minimum Gasteiger partial charge on any atom is -0.495 e. The zero-order valence-corrected chi connectivity index (χ0v) is 22.0. The molecule has 1 aliphatic rings. The van der Waals surface area contributed by atoms with Crippen LogP contribution in [0, 0.1) is 12.8 Å². The predicted octanol–water partition coefficient (Wildman–Crippen LogP) is 3.09. The highest BCUT2D eigenvalue weighted by atomic mass is 32.2. The summed E-state index contributed by atoms with van der Waals surface area (Å²) in [5.74, 6) is 1.22. The molecule has 3 rings (SSSR count). The average Bonchev–Trinajstić information content (AvgIpc) is 2.87. The maximum Gasteiger partial charge on any atom is 0.246 e. The van der Waals surface area contributed by atoms with E-state index in [9.17, 15) is 13.2 Å². The Bertz CT molecular complexity index is 1140. The number of carbonyl (C=O) groups is 1. The second kappa shape index (κ2) is 11.2. The van der Waals surface area contributed by atoms with Gasteiger partial charge in [-0.25, -0.2) is 8.42 Å². The fourth-order valence-corrected chi connectivity index (χ4v) is 6.14. The smallest absolute Gasteiger partial charge is 0.246 e. The Kier molecular flexibility index (Phi) is 8.50. The van der Waals surface area contributed by atoms with Gasteiger partial charge in [0.2, 0.25) is 21.7 Å². The Morgan fingerprint density at radius 3 is 2.20 bits per heavy atom. The number of hydrogen-bond acceptors (Lipinski definition) is 7. The molecule has 0 saturated carbocycles. The van der Waals surface area contributed by atoms with Gasteiger partial charge in [0.15, 0.2) is 11.5 Å². The molecule has 0 unspecified atom stereocenters. The summed E-state index contributed by atoms with van der Waals surface area (Å²) in [5, 5.41) is 0. The van der Waals surface area contributed by atoms with Crippen molar-refractivity contribution in [2.45, 2.75) is 31.2 Å². The summed E-state index contributed by atoms with van der Waals surface area (Å²) in [7, 11) is 3.95. The molecular formula is C25H34N2O7S. The Hall–Kier alpha value is -2.98. The zero-order chi connectivity index (χ0) is 25.8. The molecule has 0 N–H and O–H groups in total. The highest BCUT2D eigenvalue weighted by Gasteiger charge is 2.36. The molecule has 192 valence electrons. The number of carbonyl (C=O) groups excluding carboxylic acids is 1. The van der Waals surface area contributed by atoms with E-state index in [1.54, 1.807) is 42.3 Å². The average molecular weight is 507 g/mol. The van der Waals surface area contributed by atoms with Crippen molar-refractivity contribution in [3.63, 3.8) is 0 Å². The van der Waals surface area contributed by atoms with E-state index in [1.807, 2.05) is 6.92 Å². The molecule has 1 fully saturated rings. The third-order valence-corrected chi connectivity index (χ3v) is 8.08. The third kappa shape index (κ3) is 5.65. The number of sulfonamides is 1. The second-order valence-electron chi connectivity index (χ2n) is 8.58. The lowest BCUT2D eigenvalue weighted by atomic mass is 9.98. The van der Waals surface area contributed by atoms with Crippen molar-refractivity contribution in [3.8, 4) is 23.0 Å². The number of ether oxygens (including phenoxy) is 4. The first-order valence-corrected chi connectivity index (χ1v) is 12.8. The maximum atomic E-state index is 13.4. The van der Waals surface area contributed by atoms with E-state index in [2.05, 4.69) is 0 Å². The van der Waals surface area contributed by atoms with Crippen LogP contribution in [0.4, 0.5) is 0 Å². The topological polar surface area (TPSA) is 94.6 Å². The van der Waals surface area contributed by atoms with E-state index < -0.39 is 15.9 Å². The van der Waals surface area contributed by atoms with Gasteiger partial charge < -0.3 is 23.8 Å². The van der Waals surface area contributed by atoms with Crippen molar-refractivity contribution in [3.05, 3.63) is 41.5 Å². The van der Waals surface area contributed by atoms with Crippen molar-refractivity contribution in [2.75, 3.05) is 48.6 Å². The Morgan fingerprint density at radius 2 is 1.63 bits per heavy atom. The van der Waals surface area contributed by atoms with Crippen molar-refractivity contribution >= 4 is 15.9 Å². The summed E-state index contributed by atoms with van der Waals surface area (Å²) >= 11 is 0. The number of amides is 1. The minimum absolute atomic E-state index is 0.116. The van der Waals surface area contributed by atoms with Crippen LogP contribution in [0.15, 0.2) is 35.2 Å². The van der Waals surface area contributed by atoms with Crippen LogP contribution in [0.3, 0.4) is 0 Å². The van der Waals surface area contributed by atoms with Gasteiger partial charge in [-0.2, -0.15) is 4.31 Å². The third-order valence-electron chi connectivity index (χ3n) is 6.19. The van der Waals surface area contributed by atoms with Crippen LogP contribution in [0.5, 0.6) is 23.0 Å². The Balaban J connectivity index is 1.78. The molecule has 0 spiro atoms. The number of nitrogens with zero attached hydrogens (tertiary/aromatic N) is 2. The molecule has 2 aromatic carbocycles. The van der Waals surface area contributed by atoms with Crippen LogP contribution in [-0.4, -0.2) is 72.1 Å². The highest BCUT2D eigenvalue weighted by molar-refractivity contribution is 7.89. The molecule has 10 heteroatoms. The van der Waals surface area contributed by atoms with E-state index in [0.717, 1.165) is 11.1 Å². The van der Waals surface area contributed by atoms with Gasteiger partial charge >= 0.3 is 0 Å².